The molecular formula is C17H21NO. The molecule has 0 bridgehead atoms. The Morgan fingerprint density at radius 1 is 1.05 bits per heavy atom. The van der Waals surface area contributed by atoms with Crippen molar-refractivity contribution in [2.75, 3.05) is 0 Å². The summed E-state index contributed by atoms with van der Waals surface area (Å²) in [7, 11) is 0. The third-order valence-corrected chi connectivity index (χ3v) is 3.21. The fourth-order valence-corrected chi connectivity index (χ4v) is 2.40. The molecule has 0 aliphatic carbocycles. The third kappa shape index (κ3) is 3.57. The summed E-state index contributed by atoms with van der Waals surface area (Å²) in [5.41, 5.74) is 0.731. The van der Waals surface area contributed by atoms with Crippen LogP contribution < -0.4 is 5.32 Å². The van der Waals surface area contributed by atoms with Crippen molar-refractivity contribution in [3.8, 4) is 0 Å². The van der Waals surface area contributed by atoms with Gasteiger partial charge >= 0.3 is 0 Å². The number of carbonyl (C=O) groups excluding carboxylic acids is 1. The minimum Gasteiger partial charge on any atom is -0.350 e. The first kappa shape index (κ1) is 13.6. The van der Waals surface area contributed by atoms with Gasteiger partial charge in [-0.2, -0.15) is 0 Å². The Labute approximate surface area is 114 Å². The van der Waals surface area contributed by atoms with Crippen LogP contribution in [0.1, 0.15) is 37.6 Å². The van der Waals surface area contributed by atoms with Crippen molar-refractivity contribution in [1.29, 1.82) is 0 Å². The van der Waals surface area contributed by atoms with Crippen LogP contribution in [0.3, 0.4) is 0 Å². The fraction of sp³-hybridized carbons (Fsp3) is 0.353. The van der Waals surface area contributed by atoms with Gasteiger partial charge in [0.2, 0.25) is 0 Å². The van der Waals surface area contributed by atoms with Crippen LogP contribution in [0.4, 0.5) is 0 Å². The van der Waals surface area contributed by atoms with E-state index in [0.29, 0.717) is 5.92 Å². The molecule has 2 heteroatoms. The van der Waals surface area contributed by atoms with E-state index in [1.54, 1.807) is 0 Å². The van der Waals surface area contributed by atoms with Crippen molar-refractivity contribution in [2.45, 2.75) is 33.2 Å². The molecule has 19 heavy (non-hydrogen) atoms. The van der Waals surface area contributed by atoms with E-state index in [-0.39, 0.29) is 11.9 Å². The number of nitrogens with one attached hydrogen (secondary N) is 1. The summed E-state index contributed by atoms with van der Waals surface area (Å²) in [6.07, 6.45) is 0.999. The molecule has 100 valence electrons. The van der Waals surface area contributed by atoms with E-state index in [0.717, 1.165) is 22.8 Å². The Bertz CT molecular complexity index is 574. The quantitative estimate of drug-likeness (QED) is 0.879. The van der Waals surface area contributed by atoms with Crippen LogP contribution >= 0.6 is 0 Å². The molecule has 1 amide bonds. The highest BCUT2D eigenvalue weighted by Gasteiger charge is 2.11. The number of amides is 1. The number of fused-ring (bicyclic) bond motifs is 1. The smallest absolute Gasteiger partial charge is 0.251 e. The van der Waals surface area contributed by atoms with E-state index >= 15 is 0 Å². The van der Waals surface area contributed by atoms with Gasteiger partial charge in [-0.25, -0.2) is 0 Å². The van der Waals surface area contributed by atoms with E-state index in [1.807, 2.05) is 36.4 Å². The van der Waals surface area contributed by atoms with Gasteiger partial charge in [0.25, 0.3) is 5.91 Å². The lowest BCUT2D eigenvalue weighted by atomic mass is 10.0. The molecule has 2 aromatic rings. The van der Waals surface area contributed by atoms with Gasteiger partial charge in [-0.05, 0) is 42.2 Å². The van der Waals surface area contributed by atoms with Gasteiger partial charge in [-0.3, -0.25) is 4.79 Å². The number of carbonyl (C=O) groups is 1. The summed E-state index contributed by atoms with van der Waals surface area (Å²) in [5.74, 6) is 0.603. The maximum Gasteiger partial charge on any atom is 0.251 e. The average molecular weight is 255 g/mol. The van der Waals surface area contributed by atoms with Gasteiger partial charge in [-0.15, -0.1) is 0 Å². The monoisotopic (exact) mass is 255 g/mol. The van der Waals surface area contributed by atoms with Crippen molar-refractivity contribution in [1.82, 2.24) is 5.32 Å². The van der Waals surface area contributed by atoms with Crippen LogP contribution in [-0.4, -0.2) is 11.9 Å². The zero-order valence-corrected chi connectivity index (χ0v) is 11.8. The maximum absolute atomic E-state index is 12.2. The van der Waals surface area contributed by atoms with Gasteiger partial charge < -0.3 is 5.32 Å². The van der Waals surface area contributed by atoms with Gasteiger partial charge in [0.05, 0.1) is 0 Å². The van der Waals surface area contributed by atoms with Crippen molar-refractivity contribution in [3.63, 3.8) is 0 Å². The number of hydrogen-bond acceptors (Lipinski definition) is 1. The Kier molecular flexibility index (Phi) is 4.20. The Morgan fingerprint density at radius 3 is 2.42 bits per heavy atom. The largest absolute Gasteiger partial charge is 0.350 e. The topological polar surface area (TPSA) is 29.1 Å². The predicted molar refractivity (Wildman–Crippen MR) is 80.3 cm³/mol. The summed E-state index contributed by atoms with van der Waals surface area (Å²) >= 11 is 0. The summed E-state index contributed by atoms with van der Waals surface area (Å²) in [5, 5.41) is 5.32. The van der Waals surface area contributed by atoms with Gasteiger partial charge in [-0.1, -0.05) is 44.2 Å². The molecule has 1 unspecified atom stereocenters. The maximum atomic E-state index is 12.2. The first-order valence-electron chi connectivity index (χ1n) is 6.86. The van der Waals surface area contributed by atoms with Crippen LogP contribution in [0, 0.1) is 5.92 Å². The first-order valence-corrected chi connectivity index (χ1v) is 6.86. The van der Waals surface area contributed by atoms with Gasteiger partial charge in [0.1, 0.15) is 0 Å². The normalized spacial score (nSPS) is 12.6. The highest BCUT2D eigenvalue weighted by molar-refractivity contribution is 5.98. The molecule has 0 spiro atoms. The van der Waals surface area contributed by atoms with Crippen LogP contribution in [0.5, 0.6) is 0 Å². The van der Waals surface area contributed by atoms with E-state index < -0.39 is 0 Å². The van der Waals surface area contributed by atoms with Gasteiger partial charge in [0, 0.05) is 11.6 Å². The van der Waals surface area contributed by atoms with Crippen molar-refractivity contribution in [2.24, 2.45) is 5.92 Å². The Morgan fingerprint density at radius 2 is 1.74 bits per heavy atom. The lowest BCUT2D eigenvalue weighted by Gasteiger charge is -2.16. The summed E-state index contributed by atoms with van der Waals surface area (Å²) in [6.45, 7) is 6.39. The molecule has 1 N–H and O–H groups in total. The van der Waals surface area contributed by atoms with Crippen LogP contribution in [0.2, 0.25) is 0 Å². The molecule has 2 aromatic carbocycles. The summed E-state index contributed by atoms with van der Waals surface area (Å²) in [6, 6.07) is 14.1. The van der Waals surface area contributed by atoms with E-state index in [4.69, 9.17) is 0 Å². The molecule has 0 saturated carbocycles. The standard InChI is InChI=1S/C17H21NO/c1-12(2)10-13(3)18-17(19)16-9-8-14-6-4-5-7-15(14)11-16/h4-9,11-13H,10H2,1-3H3,(H,18,19). The summed E-state index contributed by atoms with van der Waals surface area (Å²) in [4.78, 5) is 12.2. The predicted octanol–water partition coefficient (Wildman–Crippen LogP) is 4.00. The molecule has 1 atom stereocenters. The molecular weight excluding hydrogens is 234 g/mol. The van der Waals surface area contributed by atoms with E-state index in [9.17, 15) is 4.79 Å². The minimum atomic E-state index is 0.0129. The minimum absolute atomic E-state index is 0.0129. The van der Waals surface area contributed by atoms with Crippen molar-refractivity contribution in [3.05, 3.63) is 48.0 Å². The second-order valence-electron chi connectivity index (χ2n) is 5.57. The number of hydrogen-bond donors (Lipinski definition) is 1. The Balaban J connectivity index is 2.13. The Hall–Kier alpha value is -1.83. The molecule has 0 aliphatic heterocycles. The lowest BCUT2D eigenvalue weighted by molar-refractivity contribution is 0.0936. The first-order chi connectivity index (χ1) is 9.06. The highest BCUT2D eigenvalue weighted by Crippen LogP contribution is 2.16. The fourth-order valence-electron chi connectivity index (χ4n) is 2.40. The molecule has 2 nitrogen and oxygen atoms in total. The third-order valence-electron chi connectivity index (χ3n) is 3.21. The van der Waals surface area contributed by atoms with Crippen LogP contribution in [-0.2, 0) is 0 Å². The van der Waals surface area contributed by atoms with E-state index in [2.05, 4.69) is 32.2 Å². The average Bonchev–Trinajstić information content (AvgIpc) is 2.37. The molecule has 2 rings (SSSR count). The molecule has 0 heterocycles. The van der Waals surface area contributed by atoms with Gasteiger partial charge in [0.15, 0.2) is 0 Å². The lowest BCUT2D eigenvalue weighted by Crippen LogP contribution is -2.33. The number of benzene rings is 2. The van der Waals surface area contributed by atoms with Crippen molar-refractivity contribution < 1.29 is 4.79 Å². The molecule has 0 fully saturated rings. The summed E-state index contributed by atoms with van der Waals surface area (Å²) < 4.78 is 0. The molecule has 0 aliphatic rings. The number of rotatable bonds is 4. The molecule has 0 radical (unpaired) electrons. The SMILES string of the molecule is CC(C)CC(C)NC(=O)c1ccc2ccccc2c1. The van der Waals surface area contributed by atoms with Crippen LogP contribution in [0.25, 0.3) is 10.8 Å². The van der Waals surface area contributed by atoms with Crippen molar-refractivity contribution >= 4 is 16.7 Å². The van der Waals surface area contributed by atoms with E-state index in [1.165, 1.54) is 0 Å². The highest BCUT2D eigenvalue weighted by atomic mass is 16.1. The molecule has 0 saturated heterocycles. The molecule has 0 aromatic heterocycles. The second-order valence-corrected chi connectivity index (χ2v) is 5.57. The second kappa shape index (κ2) is 5.87. The zero-order chi connectivity index (χ0) is 13.8. The van der Waals surface area contributed by atoms with Crippen LogP contribution in [0.15, 0.2) is 42.5 Å². The zero-order valence-electron chi connectivity index (χ0n) is 11.8.